The van der Waals surface area contributed by atoms with Crippen LogP contribution >= 0.6 is 12.4 Å². The predicted octanol–water partition coefficient (Wildman–Crippen LogP) is 0.861. The molecular weight excluding hydrogens is 390 g/mol. The zero-order valence-corrected chi connectivity index (χ0v) is 16.8. The van der Waals surface area contributed by atoms with Crippen molar-refractivity contribution in [2.45, 2.75) is 24.3 Å². The number of nitrogens with zero attached hydrogens (tertiary/aromatic N) is 1. The number of hydrogen-bond acceptors (Lipinski definition) is 6. The zero-order chi connectivity index (χ0) is 18.0. The molecule has 1 aliphatic heterocycles. The number of halogens is 1. The van der Waals surface area contributed by atoms with Crippen LogP contribution in [-0.4, -0.2) is 60.2 Å². The molecule has 1 fully saturated rings. The fourth-order valence-corrected chi connectivity index (χ4v) is 4.71. The zero-order valence-electron chi connectivity index (χ0n) is 14.4. The highest BCUT2D eigenvalue weighted by Gasteiger charge is 2.32. The van der Waals surface area contributed by atoms with Crippen molar-refractivity contribution in [2.75, 3.05) is 37.7 Å². The van der Waals surface area contributed by atoms with E-state index in [9.17, 15) is 16.8 Å². The number of likely N-dealkylation sites (N-methyl/N-ethyl adjacent to an activating group) is 1. The Kier molecular flexibility index (Phi) is 7.51. The minimum atomic E-state index is -3.85. The maximum Gasteiger partial charge on any atom is 0.245 e. The molecule has 0 amide bonds. The van der Waals surface area contributed by atoms with Gasteiger partial charge in [-0.15, -0.1) is 12.4 Å². The summed E-state index contributed by atoms with van der Waals surface area (Å²) in [6.07, 6.45) is 0.710. The number of anilines is 1. The first kappa shape index (κ1) is 22.0. The minimum Gasteiger partial charge on any atom is -0.497 e. The van der Waals surface area contributed by atoms with E-state index in [1.807, 2.05) is 0 Å². The van der Waals surface area contributed by atoms with Gasteiger partial charge in [0, 0.05) is 25.7 Å². The van der Waals surface area contributed by atoms with Crippen LogP contribution in [0.3, 0.4) is 0 Å². The molecule has 1 atom stereocenters. The van der Waals surface area contributed by atoms with Gasteiger partial charge in [0.2, 0.25) is 20.0 Å². The van der Waals surface area contributed by atoms with Crippen LogP contribution in [0.2, 0.25) is 0 Å². The van der Waals surface area contributed by atoms with Crippen molar-refractivity contribution in [3.63, 3.8) is 0 Å². The lowest BCUT2D eigenvalue weighted by Gasteiger charge is -2.24. The van der Waals surface area contributed by atoms with Crippen molar-refractivity contribution < 1.29 is 21.6 Å². The minimum absolute atomic E-state index is 0. The van der Waals surface area contributed by atoms with Gasteiger partial charge < -0.3 is 10.1 Å². The molecule has 8 nitrogen and oxygen atoms in total. The summed E-state index contributed by atoms with van der Waals surface area (Å²) < 4.78 is 58.4. The fraction of sp³-hybridized carbons (Fsp3) is 0.571. The topological polar surface area (TPSA) is 105 Å². The Hall–Kier alpha value is -1.07. The molecular formula is C14H24ClN3O5S2. The van der Waals surface area contributed by atoms with Crippen molar-refractivity contribution in [2.24, 2.45) is 0 Å². The largest absolute Gasteiger partial charge is 0.497 e. The first-order valence-corrected chi connectivity index (χ1v) is 10.7. The number of rotatable bonds is 7. The molecule has 1 aromatic carbocycles. The molecule has 0 spiro atoms. The Morgan fingerprint density at radius 1 is 1.32 bits per heavy atom. The van der Waals surface area contributed by atoms with Crippen LogP contribution in [0, 0.1) is 0 Å². The van der Waals surface area contributed by atoms with E-state index in [1.54, 1.807) is 0 Å². The van der Waals surface area contributed by atoms with Gasteiger partial charge in [0.25, 0.3) is 0 Å². The third kappa shape index (κ3) is 4.98. The third-order valence-corrected chi connectivity index (χ3v) is 7.30. The average molecular weight is 414 g/mol. The van der Waals surface area contributed by atoms with Crippen molar-refractivity contribution in [1.29, 1.82) is 0 Å². The maximum atomic E-state index is 12.9. The van der Waals surface area contributed by atoms with Crippen LogP contribution < -0.4 is 14.8 Å². The average Bonchev–Trinajstić information content (AvgIpc) is 3.07. The summed E-state index contributed by atoms with van der Waals surface area (Å²) in [5.74, 6) is 0.208. The van der Waals surface area contributed by atoms with Gasteiger partial charge in [-0.3, -0.25) is 4.72 Å². The van der Waals surface area contributed by atoms with E-state index in [-0.39, 0.29) is 34.8 Å². The molecule has 1 aromatic rings. The van der Waals surface area contributed by atoms with Gasteiger partial charge >= 0.3 is 0 Å². The van der Waals surface area contributed by atoms with Crippen molar-refractivity contribution in [1.82, 2.24) is 9.62 Å². The molecule has 0 aliphatic carbocycles. The molecule has 1 unspecified atom stereocenters. The Morgan fingerprint density at radius 2 is 2.00 bits per heavy atom. The van der Waals surface area contributed by atoms with Gasteiger partial charge in [0.15, 0.2) is 0 Å². The Labute approximate surface area is 155 Å². The summed E-state index contributed by atoms with van der Waals surface area (Å²) in [6.45, 7) is 2.80. The second-order valence-electron chi connectivity index (χ2n) is 5.54. The van der Waals surface area contributed by atoms with Gasteiger partial charge in [-0.1, -0.05) is 0 Å². The molecule has 1 saturated heterocycles. The molecule has 0 aromatic heterocycles. The number of methoxy groups -OCH3 is 1. The molecule has 1 aliphatic rings. The molecule has 0 bridgehead atoms. The van der Waals surface area contributed by atoms with Gasteiger partial charge in [-0.05, 0) is 32.0 Å². The van der Waals surface area contributed by atoms with Crippen LogP contribution in [0.5, 0.6) is 5.75 Å². The lowest BCUT2D eigenvalue weighted by molar-refractivity contribution is 0.387. The summed E-state index contributed by atoms with van der Waals surface area (Å²) in [6, 6.07) is 4.08. The summed E-state index contributed by atoms with van der Waals surface area (Å²) >= 11 is 0. The standard InChI is InChI=1S/C14H23N3O5S2.ClH/c1-4-23(18,19)16-13-9-12(22-3)5-6-14(13)24(20,21)17(2)11-7-8-15-10-11;/h5-6,9,11,15-16H,4,7-8,10H2,1-3H3;1H. The van der Waals surface area contributed by atoms with Crippen LogP contribution in [0.15, 0.2) is 23.1 Å². The van der Waals surface area contributed by atoms with E-state index in [4.69, 9.17) is 4.74 Å². The molecule has 144 valence electrons. The van der Waals surface area contributed by atoms with Crippen LogP contribution in [-0.2, 0) is 20.0 Å². The molecule has 0 radical (unpaired) electrons. The highest BCUT2D eigenvalue weighted by atomic mass is 35.5. The normalized spacial score (nSPS) is 18.0. The molecule has 11 heteroatoms. The highest BCUT2D eigenvalue weighted by molar-refractivity contribution is 7.93. The summed E-state index contributed by atoms with van der Waals surface area (Å²) in [5.41, 5.74) is -0.00555. The van der Waals surface area contributed by atoms with Crippen molar-refractivity contribution >= 4 is 38.1 Å². The first-order chi connectivity index (χ1) is 11.2. The van der Waals surface area contributed by atoms with Crippen molar-refractivity contribution in [3.8, 4) is 5.75 Å². The van der Waals surface area contributed by atoms with Gasteiger partial charge in [-0.25, -0.2) is 16.8 Å². The van der Waals surface area contributed by atoms with E-state index in [2.05, 4.69) is 10.0 Å². The Bertz CT molecular complexity index is 793. The Morgan fingerprint density at radius 3 is 2.52 bits per heavy atom. The number of hydrogen-bond donors (Lipinski definition) is 2. The maximum absolute atomic E-state index is 12.9. The van der Waals surface area contributed by atoms with Crippen LogP contribution in [0.25, 0.3) is 0 Å². The van der Waals surface area contributed by atoms with E-state index >= 15 is 0 Å². The lowest BCUT2D eigenvalue weighted by Crippen LogP contribution is -2.38. The van der Waals surface area contributed by atoms with Gasteiger partial charge in [-0.2, -0.15) is 4.31 Å². The molecule has 25 heavy (non-hydrogen) atoms. The second kappa shape index (κ2) is 8.54. The summed E-state index contributed by atoms with van der Waals surface area (Å²) in [5, 5.41) is 3.12. The SMILES string of the molecule is CCS(=O)(=O)Nc1cc(OC)ccc1S(=O)(=O)N(C)C1CCNC1.Cl. The number of benzene rings is 1. The fourth-order valence-electron chi connectivity index (χ4n) is 2.48. The van der Waals surface area contributed by atoms with Crippen LogP contribution in [0.1, 0.15) is 13.3 Å². The van der Waals surface area contributed by atoms with Gasteiger partial charge in [0.1, 0.15) is 10.6 Å². The number of ether oxygens (including phenoxy) is 1. The smallest absolute Gasteiger partial charge is 0.245 e. The van der Waals surface area contributed by atoms with Crippen molar-refractivity contribution in [3.05, 3.63) is 18.2 Å². The second-order valence-corrected chi connectivity index (χ2v) is 9.51. The van der Waals surface area contributed by atoms with Crippen LogP contribution in [0.4, 0.5) is 5.69 Å². The van der Waals surface area contributed by atoms with E-state index < -0.39 is 20.0 Å². The molecule has 1 heterocycles. The summed E-state index contributed by atoms with van der Waals surface area (Å²) in [4.78, 5) is -0.0882. The predicted molar refractivity (Wildman–Crippen MR) is 99.5 cm³/mol. The lowest BCUT2D eigenvalue weighted by atomic mass is 10.3. The summed E-state index contributed by atoms with van der Waals surface area (Å²) in [7, 11) is -4.54. The number of sulfonamides is 2. The quantitative estimate of drug-likeness (QED) is 0.687. The van der Waals surface area contributed by atoms with E-state index in [0.29, 0.717) is 18.7 Å². The molecule has 0 saturated carbocycles. The Balaban J connectivity index is 0.00000312. The highest BCUT2D eigenvalue weighted by Crippen LogP contribution is 2.30. The molecule has 2 rings (SSSR count). The van der Waals surface area contributed by atoms with E-state index in [1.165, 1.54) is 43.6 Å². The first-order valence-electron chi connectivity index (χ1n) is 7.58. The van der Waals surface area contributed by atoms with Gasteiger partial charge in [0.05, 0.1) is 18.6 Å². The van der Waals surface area contributed by atoms with E-state index in [0.717, 1.165) is 6.54 Å². The monoisotopic (exact) mass is 413 g/mol. The number of nitrogens with one attached hydrogen (secondary N) is 2. The third-order valence-electron chi connectivity index (χ3n) is 4.04. The molecule has 2 N–H and O–H groups in total.